The minimum atomic E-state index is 1.12. The second-order valence-electron chi connectivity index (χ2n) is 5.11. The van der Waals surface area contributed by atoms with Crippen LogP contribution in [0.4, 0.5) is 0 Å². The Hall–Kier alpha value is -2.54. The monoisotopic (exact) mass is 377 g/mol. The van der Waals surface area contributed by atoms with E-state index in [2.05, 4.69) is 78.6 Å². The molecule has 0 N–H and O–H groups in total. The molecule has 2 aromatic carbocycles. The van der Waals surface area contributed by atoms with Gasteiger partial charge in [-0.15, -0.1) is 0 Å². The number of para-hydroxylation sites is 2. The van der Waals surface area contributed by atoms with Gasteiger partial charge in [-0.1, -0.05) is 111 Å². The molecule has 0 aliphatic rings. The largest absolute Gasteiger partial charge is 0.308 e. The van der Waals surface area contributed by atoms with Crippen LogP contribution in [-0.2, 0) is 0 Å². The Kier molecular flexibility index (Phi) is 12.4. The van der Waals surface area contributed by atoms with Gasteiger partial charge in [-0.05, 0) is 19.1 Å². The summed E-state index contributed by atoms with van der Waals surface area (Å²) in [6, 6.07) is 17.0. The van der Waals surface area contributed by atoms with Crippen LogP contribution in [0.15, 0.2) is 54.6 Å². The van der Waals surface area contributed by atoms with E-state index in [1.165, 1.54) is 32.9 Å². The molecule has 0 spiro atoms. The molecule has 28 heavy (non-hydrogen) atoms. The van der Waals surface area contributed by atoms with Crippen LogP contribution in [-0.4, -0.2) is 4.40 Å². The van der Waals surface area contributed by atoms with E-state index in [1.807, 2.05) is 55.4 Å². The van der Waals surface area contributed by atoms with Gasteiger partial charge in [0, 0.05) is 21.6 Å². The fraction of sp³-hybridized carbons (Fsp3) is 0.333. The van der Waals surface area contributed by atoms with Crippen LogP contribution in [0.5, 0.6) is 0 Å². The Bertz CT molecular complexity index is 1020. The molecule has 152 valence electrons. The van der Waals surface area contributed by atoms with Crippen molar-refractivity contribution >= 4 is 40.0 Å². The summed E-state index contributed by atoms with van der Waals surface area (Å²) in [5, 5.41) is 3.64. The van der Waals surface area contributed by atoms with Gasteiger partial charge < -0.3 is 4.40 Å². The molecule has 0 aliphatic heterocycles. The lowest BCUT2D eigenvalue weighted by Crippen LogP contribution is -1.94. The highest BCUT2D eigenvalue weighted by atomic mass is 14.9. The van der Waals surface area contributed by atoms with Crippen molar-refractivity contribution in [1.82, 2.24) is 4.40 Å². The number of nitrogens with zero attached hydrogens (tertiary/aromatic N) is 1. The highest BCUT2D eigenvalue weighted by molar-refractivity contribution is 6.05. The van der Waals surface area contributed by atoms with Crippen LogP contribution in [0.25, 0.3) is 40.0 Å². The summed E-state index contributed by atoms with van der Waals surface area (Å²) in [6.45, 7) is 22.4. The van der Waals surface area contributed by atoms with E-state index in [1.54, 1.807) is 0 Å². The Morgan fingerprint density at radius 3 is 1.61 bits per heavy atom. The number of fused-ring (bicyclic) bond motifs is 5. The van der Waals surface area contributed by atoms with E-state index < -0.39 is 0 Å². The van der Waals surface area contributed by atoms with Gasteiger partial charge in [-0.2, -0.15) is 0 Å². The summed E-state index contributed by atoms with van der Waals surface area (Å²) in [5.41, 5.74) is 4.98. The highest BCUT2D eigenvalue weighted by Gasteiger charge is 2.14. The first kappa shape index (κ1) is 25.5. The quantitative estimate of drug-likeness (QED) is 0.313. The zero-order chi connectivity index (χ0) is 21.7. The molecule has 0 atom stereocenters. The summed E-state index contributed by atoms with van der Waals surface area (Å²) in [5.74, 6) is 0. The maximum absolute atomic E-state index is 4.32. The fourth-order valence-electron chi connectivity index (χ4n) is 3.20. The average molecular weight is 378 g/mol. The number of hydrogen-bond donors (Lipinski definition) is 0. The summed E-state index contributed by atoms with van der Waals surface area (Å²) in [4.78, 5) is 0. The first-order chi connectivity index (χ1) is 13.8. The van der Waals surface area contributed by atoms with Crippen molar-refractivity contribution in [2.24, 2.45) is 0 Å². The predicted octanol–water partition coefficient (Wildman–Crippen LogP) is 8.51. The normalized spacial score (nSPS) is 9.61. The first-order valence-electron chi connectivity index (χ1n) is 10.9. The number of benzene rings is 2. The van der Waals surface area contributed by atoms with Gasteiger partial charge in [0.1, 0.15) is 0 Å². The lowest BCUT2D eigenvalue weighted by atomic mass is 10.1. The molecule has 1 heteroatoms. The van der Waals surface area contributed by atoms with Crippen molar-refractivity contribution in [2.45, 2.75) is 62.3 Å². The van der Waals surface area contributed by atoms with Crippen LogP contribution >= 0.6 is 0 Å². The predicted molar refractivity (Wildman–Crippen MR) is 133 cm³/mol. The molecule has 2 heterocycles. The van der Waals surface area contributed by atoms with Gasteiger partial charge in [0.05, 0.1) is 16.6 Å². The van der Waals surface area contributed by atoms with E-state index in [9.17, 15) is 0 Å². The molecule has 0 saturated heterocycles. The third-order valence-electron chi connectivity index (χ3n) is 4.00. The third kappa shape index (κ3) is 4.65. The van der Waals surface area contributed by atoms with Gasteiger partial charge in [-0.25, -0.2) is 0 Å². The Labute approximate surface area is 172 Å². The van der Waals surface area contributed by atoms with Crippen LogP contribution < -0.4 is 5.22 Å². The van der Waals surface area contributed by atoms with Crippen LogP contribution in [0.3, 0.4) is 0 Å². The van der Waals surface area contributed by atoms with Crippen molar-refractivity contribution in [3.05, 3.63) is 65.4 Å². The van der Waals surface area contributed by atoms with Crippen molar-refractivity contribution in [3.8, 4) is 0 Å². The van der Waals surface area contributed by atoms with Gasteiger partial charge in [-0.3, -0.25) is 0 Å². The second kappa shape index (κ2) is 13.6. The van der Waals surface area contributed by atoms with Crippen molar-refractivity contribution in [2.75, 3.05) is 0 Å². The third-order valence-corrected chi connectivity index (χ3v) is 4.00. The van der Waals surface area contributed by atoms with Crippen molar-refractivity contribution < 1.29 is 0 Å². The van der Waals surface area contributed by atoms with Crippen molar-refractivity contribution in [3.63, 3.8) is 0 Å². The molecular weight excluding hydrogens is 338 g/mol. The maximum Gasteiger partial charge on any atom is 0.0614 e. The van der Waals surface area contributed by atoms with E-state index in [0.717, 1.165) is 5.22 Å². The standard InChI is InChI=1S/C19H15N.4C2H6/c1-3-8-16-15-10-5-7-12-18(15)20-17-11-6-4-9-14(17)13(2)19(16)20;4*1-2/h3-12H,2H2,1H3;4*1-2H3/b8-3-;;;;. The Morgan fingerprint density at radius 2 is 1.11 bits per heavy atom. The summed E-state index contributed by atoms with van der Waals surface area (Å²) < 4.78 is 2.34. The molecule has 0 radical (unpaired) electrons. The zero-order valence-electron chi connectivity index (χ0n) is 19.4. The first-order valence-corrected chi connectivity index (χ1v) is 10.9. The molecular formula is C27H39N. The van der Waals surface area contributed by atoms with Gasteiger partial charge >= 0.3 is 0 Å². The molecule has 0 aliphatic carbocycles. The van der Waals surface area contributed by atoms with Crippen LogP contribution in [0.1, 0.15) is 67.9 Å². The number of allylic oxidation sites excluding steroid dienone is 1. The zero-order valence-corrected chi connectivity index (χ0v) is 19.4. The summed E-state index contributed by atoms with van der Waals surface area (Å²) in [7, 11) is 0. The summed E-state index contributed by atoms with van der Waals surface area (Å²) >= 11 is 0. The smallest absolute Gasteiger partial charge is 0.0614 e. The SMILES string of the molecule is C=c1c2ccccc2n2c1c(/C=C\C)c1ccccc12.CC.CC.CC.CC. The summed E-state index contributed by atoms with van der Waals surface area (Å²) in [6.07, 6.45) is 4.28. The molecule has 0 bridgehead atoms. The maximum atomic E-state index is 4.32. The molecule has 0 fully saturated rings. The van der Waals surface area contributed by atoms with Gasteiger partial charge in [0.25, 0.3) is 0 Å². The van der Waals surface area contributed by atoms with Crippen LogP contribution in [0.2, 0.25) is 0 Å². The molecule has 0 saturated carbocycles. The van der Waals surface area contributed by atoms with Gasteiger partial charge in [0.15, 0.2) is 0 Å². The topological polar surface area (TPSA) is 4.41 Å². The molecule has 1 nitrogen and oxygen atoms in total. The number of rotatable bonds is 1. The van der Waals surface area contributed by atoms with Crippen LogP contribution in [0, 0.1) is 0 Å². The fourth-order valence-corrected chi connectivity index (χ4v) is 3.20. The molecule has 2 aromatic heterocycles. The van der Waals surface area contributed by atoms with Crippen molar-refractivity contribution in [1.29, 1.82) is 0 Å². The minimum Gasteiger partial charge on any atom is -0.308 e. The molecule has 4 aromatic rings. The Morgan fingerprint density at radius 1 is 0.679 bits per heavy atom. The van der Waals surface area contributed by atoms with E-state index in [-0.39, 0.29) is 0 Å². The second-order valence-corrected chi connectivity index (χ2v) is 5.11. The molecule has 0 amide bonds. The lowest BCUT2D eigenvalue weighted by molar-refractivity contribution is 1.36. The molecule has 4 rings (SSSR count). The number of aromatic nitrogens is 1. The number of hydrogen-bond acceptors (Lipinski definition) is 0. The lowest BCUT2D eigenvalue weighted by Gasteiger charge is -1.95. The average Bonchev–Trinajstić information content (AvgIpc) is 3.28. The van der Waals surface area contributed by atoms with E-state index in [0.29, 0.717) is 0 Å². The highest BCUT2D eigenvalue weighted by Crippen LogP contribution is 2.30. The Balaban J connectivity index is 0.000000818. The van der Waals surface area contributed by atoms with Gasteiger partial charge in [0.2, 0.25) is 0 Å². The van der Waals surface area contributed by atoms with E-state index in [4.69, 9.17) is 0 Å². The van der Waals surface area contributed by atoms with E-state index >= 15 is 0 Å². The minimum absolute atomic E-state index is 1.12. The molecule has 0 unspecified atom stereocenters.